The van der Waals surface area contributed by atoms with Crippen molar-refractivity contribution in [2.24, 2.45) is 0 Å². The Labute approximate surface area is 195 Å². The summed E-state index contributed by atoms with van der Waals surface area (Å²) < 4.78 is 10.6. The Kier molecular flexibility index (Phi) is 8.47. The van der Waals surface area contributed by atoms with E-state index in [1.807, 2.05) is 78.9 Å². The molecule has 33 heavy (non-hydrogen) atoms. The smallest absolute Gasteiger partial charge is 0.242 e. The SMILES string of the molecule is CNC(=O)C(Cc1ccccc1)N(Cc1cccc(OC)c1)C(=O)Cc1ccc(OC)cc1. The van der Waals surface area contributed by atoms with E-state index >= 15 is 0 Å². The molecular weight excluding hydrogens is 416 g/mol. The number of benzene rings is 3. The lowest BCUT2D eigenvalue weighted by Crippen LogP contribution is -2.50. The summed E-state index contributed by atoms with van der Waals surface area (Å²) in [6, 6.07) is 24.0. The number of amides is 2. The molecule has 0 saturated carbocycles. The van der Waals surface area contributed by atoms with Crippen molar-refractivity contribution in [2.75, 3.05) is 21.3 Å². The second kappa shape index (κ2) is 11.7. The number of nitrogens with one attached hydrogen (secondary N) is 1. The Balaban J connectivity index is 1.93. The molecule has 6 nitrogen and oxygen atoms in total. The zero-order chi connectivity index (χ0) is 23.6. The number of nitrogens with zero attached hydrogens (tertiary/aromatic N) is 1. The highest BCUT2D eigenvalue weighted by atomic mass is 16.5. The monoisotopic (exact) mass is 446 g/mol. The summed E-state index contributed by atoms with van der Waals surface area (Å²) in [4.78, 5) is 28.2. The maximum absolute atomic E-state index is 13.6. The van der Waals surface area contributed by atoms with Gasteiger partial charge in [0.05, 0.1) is 20.6 Å². The fourth-order valence-electron chi connectivity index (χ4n) is 3.71. The van der Waals surface area contributed by atoms with Crippen molar-refractivity contribution in [1.29, 1.82) is 0 Å². The summed E-state index contributed by atoms with van der Waals surface area (Å²) in [5, 5.41) is 2.73. The first-order valence-corrected chi connectivity index (χ1v) is 10.8. The number of hydrogen-bond acceptors (Lipinski definition) is 4. The number of rotatable bonds is 10. The molecule has 1 atom stereocenters. The van der Waals surface area contributed by atoms with Gasteiger partial charge in [-0.05, 0) is 41.0 Å². The van der Waals surface area contributed by atoms with Gasteiger partial charge in [0.1, 0.15) is 17.5 Å². The van der Waals surface area contributed by atoms with Crippen LogP contribution in [-0.2, 0) is 29.0 Å². The topological polar surface area (TPSA) is 67.9 Å². The molecule has 0 aliphatic rings. The van der Waals surface area contributed by atoms with Crippen LogP contribution in [-0.4, -0.2) is 44.0 Å². The fourth-order valence-corrected chi connectivity index (χ4v) is 3.71. The van der Waals surface area contributed by atoms with Crippen molar-refractivity contribution in [1.82, 2.24) is 10.2 Å². The van der Waals surface area contributed by atoms with Crippen LogP contribution in [0.2, 0.25) is 0 Å². The molecule has 0 saturated heterocycles. The molecule has 0 aromatic heterocycles. The van der Waals surface area contributed by atoms with Crippen LogP contribution in [0, 0.1) is 0 Å². The molecule has 0 spiro atoms. The van der Waals surface area contributed by atoms with E-state index in [0.717, 1.165) is 22.4 Å². The van der Waals surface area contributed by atoms with Crippen molar-refractivity contribution in [3.8, 4) is 11.5 Å². The Morgan fingerprint density at radius 1 is 0.818 bits per heavy atom. The zero-order valence-corrected chi connectivity index (χ0v) is 19.3. The molecule has 6 heteroatoms. The minimum absolute atomic E-state index is 0.132. The average molecular weight is 447 g/mol. The van der Waals surface area contributed by atoms with Gasteiger partial charge in [-0.1, -0.05) is 54.6 Å². The summed E-state index contributed by atoms with van der Waals surface area (Å²) in [7, 11) is 4.81. The fraction of sp³-hybridized carbons (Fsp3) is 0.259. The first kappa shape index (κ1) is 23.9. The third-order valence-electron chi connectivity index (χ3n) is 5.52. The first-order valence-electron chi connectivity index (χ1n) is 10.8. The van der Waals surface area contributed by atoms with Crippen LogP contribution in [0.1, 0.15) is 16.7 Å². The summed E-state index contributed by atoms with van der Waals surface area (Å²) >= 11 is 0. The quantitative estimate of drug-likeness (QED) is 0.516. The molecule has 3 aromatic rings. The van der Waals surface area contributed by atoms with Gasteiger partial charge in [0, 0.05) is 20.0 Å². The van der Waals surface area contributed by atoms with Gasteiger partial charge in [0.2, 0.25) is 11.8 Å². The molecule has 1 N–H and O–H groups in total. The average Bonchev–Trinajstić information content (AvgIpc) is 2.86. The lowest BCUT2D eigenvalue weighted by molar-refractivity contribution is -0.140. The van der Waals surface area contributed by atoms with Gasteiger partial charge < -0.3 is 19.7 Å². The molecule has 0 aliphatic heterocycles. The van der Waals surface area contributed by atoms with Crippen LogP contribution in [0.3, 0.4) is 0 Å². The van der Waals surface area contributed by atoms with Crippen molar-refractivity contribution in [2.45, 2.75) is 25.4 Å². The second-order valence-corrected chi connectivity index (χ2v) is 7.72. The van der Waals surface area contributed by atoms with Crippen LogP contribution in [0.5, 0.6) is 11.5 Å². The minimum atomic E-state index is -0.658. The second-order valence-electron chi connectivity index (χ2n) is 7.72. The van der Waals surface area contributed by atoms with E-state index in [1.54, 1.807) is 26.2 Å². The number of carbonyl (C=O) groups excluding carboxylic acids is 2. The van der Waals surface area contributed by atoms with E-state index in [2.05, 4.69) is 5.32 Å². The summed E-state index contributed by atoms with van der Waals surface area (Å²) in [6.45, 7) is 0.289. The normalized spacial score (nSPS) is 11.4. The van der Waals surface area contributed by atoms with Crippen LogP contribution in [0.4, 0.5) is 0 Å². The van der Waals surface area contributed by atoms with Crippen LogP contribution >= 0.6 is 0 Å². The maximum Gasteiger partial charge on any atom is 0.242 e. The highest BCUT2D eigenvalue weighted by molar-refractivity contribution is 5.88. The van der Waals surface area contributed by atoms with Crippen LogP contribution < -0.4 is 14.8 Å². The van der Waals surface area contributed by atoms with E-state index in [-0.39, 0.29) is 24.8 Å². The van der Waals surface area contributed by atoms with Gasteiger partial charge in [-0.15, -0.1) is 0 Å². The number of carbonyl (C=O) groups is 2. The predicted octanol–water partition coefficient (Wildman–Crippen LogP) is 3.63. The van der Waals surface area contributed by atoms with E-state index in [0.29, 0.717) is 12.2 Å². The zero-order valence-electron chi connectivity index (χ0n) is 19.3. The van der Waals surface area contributed by atoms with Crippen molar-refractivity contribution >= 4 is 11.8 Å². The standard InChI is InChI=1S/C27H30N2O4/c1-28-27(31)25(17-20-8-5-4-6-9-20)29(19-22-10-7-11-24(16-22)33-3)26(30)18-21-12-14-23(32-2)15-13-21/h4-16,25H,17-19H2,1-3H3,(H,28,31). The largest absolute Gasteiger partial charge is 0.497 e. The Hall–Kier alpha value is -3.80. The third-order valence-corrected chi connectivity index (χ3v) is 5.52. The number of likely N-dealkylation sites (N-methyl/N-ethyl adjacent to an activating group) is 1. The van der Waals surface area contributed by atoms with Gasteiger partial charge in [0.25, 0.3) is 0 Å². The van der Waals surface area contributed by atoms with Crippen molar-refractivity contribution in [3.05, 3.63) is 95.6 Å². The van der Waals surface area contributed by atoms with Crippen molar-refractivity contribution < 1.29 is 19.1 Å². The number of ether oxygens (including phenoxy) is 2. The van der Waals surface area contributed by atoms with Gasteiger partial charge in [-0.3, -0.25) is 9.59 Å². The molecule has 2 amide bonds. The number of methoxy groups -OCH3 is 2. The minimum Gasteiger partial charge on any atom is -0.497 e. The third kappa shape index (κ3) is 6.59. The summed E-state index contributed by atoms with van der Waals surface area (Å²) in [6.07, 6.45) is 0.592. The predicted molar refractivity (Wildman–Crippen MR) is 128 cm³/mol. The molecular formula is C27H30N2O4. The molecule has 3 rings (SSSR count). The Morgan fingerprint density at radius 3 is 2.12 bits per heavy atom. The maximum atomic E-state index is 13.6. The first-order chi connectivity index (χ1) is 16.0. The van der Waals surface area contributed by atoms with E-state index in [4.69, 9.17) is 9.47 Å². The lowest BCUT2D eigenvalue weighted by atomic mass is 10.0. The molecule has 1 unspecified atom stereocenters. The van der Waals surface area contributed by atoms with Crippen LogP contribution in [0.25, 0.3) is 0 Å². The molecule has 172 valence electrons. The van der Waals surface area contributed by atoms with Crippen molar-refractivity contribution in [3.63, 3.8) is 0 Å². The molecule has 0 bridgehead atoms. The number of hydrogen-bond donors (Lipinski definition) is 1. The van der Waals surface area contributed by atoms with Gasteiger partial charge in [-0.2, -0.15) is 0 Å². The lowest BCUT2D eigenvalue weighted by Gasteiger charge is -2.31. The van der Waals surface area contributed by atoms with E-state index in [9.17, 15) is 9.59 Å². The molecule has 0 fully saturated rings. The van der Waals surface area contributed by atoms with Gasteiger partial charge in [-0.25, -0.2) is 0 Å². The highest BCUT2D eigenvalue weighted by Crippen LogP contribution is 2.20. The molecule has 0 heterocycles. The Bertz CT molecular complexity index is 1050. The summed E-state index contributed by atoms with van der Waals surface area (Å²) in [5.41, 5.74) is 2.73. The summed E-state index contributed by atoms with van der Waals surface area (Å²) in [5.74, 6) is 1.10. The highest BCUT2D eigenvalue weighted by Gasteiger charge is 2.29. The van der Waals surface area contributed by atoms with Gasteiger partial charge >= 0.3 is 0 Å². The van der Waals surface area contributed by atoms with E-state index < -0.39 is 6.04 Å². The molecule has 0 radical (unpaired) electrons. The van der Waals surface area contributed by atoms with Gasteiger partial charge in [0.15, 0.2) is 0 Å². The Morgan fingerprint density at radius 2 is 1.48 bits per heavy atom. The molecule has 0 aliphatic carbocycles. The van der Waals surface area contributed by atoms with Crippen LogP contribution in [0.15, 0.2) is 78.9 Å². The van der Waals surface area contributed by atoms with E-state index in [1.165, 1.54) is 0 Å². The molecule has 3 aromatic carbocycles.